The smallest absolute Gasteiger partial charge is 0.275 e. The molecule has 1 aliphatic rings. The van der Waals surface area contributed by atoms with Crippen LogP contribution >= 0.6 is 0 Å². The van der Waals surface area contributed by atoms with E-state index in [0.717, 1.165) is 0 Å². The molecule has 0 aromatic carbocycles. The number of amides is 1. The van der Waals surface area contributed by atoms with E-state index in [9.17, 15) is 4.79 Å². The molecule has 1 saturated carbocycles. The van der Waals surface area contributed by atoms with Crippen molar-refractivity contribution < 1.29 is 10.1 Å². The van der Waals surface area contributed by atoms with Gasteiger partial charge in [0.05, 0.1) is 7.05 Å². The van der Waals surface area contributed by atoms with Crippen LogP contribution in [0.25, 0.3) is 0 Å². The quantitative estimate of drug-likeness (QED) is 0.476. The Balaban J connectivity index is 2.02. The van der Waals surface area contributed by atoms with E-state index in [-0.39, 0.29) is 5.91 Å². The van der Waals surface area contributed by atoms with E-state index in [2.05, 4.69) is 5.32 Å². The molecule has 0 radical (unpaired) electrons. The van der Waals surface area contributed by atoms with Crippen molar-refractivity contribution in [1.29, 1.82) is 0 Å². The summed E-state index contributed by atoms with van der Waals surface area (Å²) in [4.78, 5) is 10.8. The van der Waals surface area contributed by atoms with Gasteiger partial charge in [-0.2, -0.15) is 0 Å². The summed E-state index contributed by atoms with van der Waals surface area (Å²) in [6.07, 6.45) is 2.35. The first-order valence-corrected chi connectivity index (χ1v) is 3.40. The maximum absolute atomic E-state index is 10.8. The lowest BCUT2D eigenvalue weighted by atomic mass is 10.5. The summed E-state index contributed by atoms with van der Waals surface area (Å²) in [6.45, 7) is 0.566. The van der Waals surface area contributed by atoms with Crippen LogP contribution < -0.4 is 10.6 Å². The lowest BCUT2D eigenvalue weighted by molar-refractivity contribution is -0.615. The number of hydrogen-bond donors (Lipinski definition) is 2. The van der Waals surface area contributed by atoms with Gasteiger partial charge in [0.15, 0.2) is 6.54 Å². The maximum atomic E-state index is 10.8. The molecular weight excluding hydrogens is 116 g/mol. The first-order chi connectivity index (χ1) is 4.33. The fraction of sp³-hybridized carbons (Fsp3) is 0.833. The summed E-state index contributed by atoms with van der Waals surface area (Å²) < 4.78 is 0. The van der Waals surface area contributed by atoms with Crippen LogP contribution in [0.3, 0.4) is 0 Å². The number of rotatable bonds is 3. The Labute approximate surface area is 54.8 Å². The van der Waals surface area contributed by atoms with Crippen LogP contribution in [-0.4, -0.2) is 25.5 Å². The predicted molar refractivity (Wildman–Crippen MR) is 33.9 cm³/mol. The Hall–Kier alpha value is -0.570. The van der Waals surface area contributed by atoms with Crippen molar-refractivity contribution in [3.63, 3.8) is 0 Å². The van der Waals surface area contributed by atoms with E-state index in [1.165, 1.54) is 12.8 Å². The minimum atomic E-state index is 0.167. The summed E-state index contributed by atoms with van der Waals surface area (Å²) in [7, 11) is 1.90. The Morgan fingerprint density at radius 1 is 1.78 bits per heavy atom. The van der Waals surface area contributed by atoms with Crippen LogP contribution in [0, 0.1) is 0 Å². The number of likely N-dealkylation sites (N-methyl/N-ethyl adjacent to an activating group) is 1. The van der Waals surface area contributed by atoms with Gasteiger partial charge in [-0.15, -0.1) is 0 Å². The monoisotopic (exact) mass is 129 g/mol. The van der Waals surface area contributed by atoms with Gasteiger partial charge >= 0.3 is 0 Å². The van der Waals surface area contributed by atoms with Crippen molar-refractivity contribution in [2.75, 3.05) is 13.6 Å². The number of carbonyl (C=O) groups is 1. The molecule has 0 saturated heterocycles. The number of carbonyl (C=O) groups excluding carboxylic acids is 1. The number of nitrogens with two attached hydrogens (primary N) is 1. The lowest BCUT2D eigenvalue weighted by Crippen LogP contribution is -2.82. The number of nitrogens with one attached hydrogen (secondary N) is 1. The third-order valence-corrected chi connectivity index (χ3v) is 1.33. The van der Waals surface area contributed by atoms with E-state index in [1.807, 2.05) is 12.4 Å². The molecule has 0 bridgehead atoms. The molecule has 52 valence electrons. The predicted octanol–water partition coefficient (Wildman–Crippen LogP) is -1.54. The van der Waals surface area contributed by atoms with Crippen LogP contribution in [0.5, 0.6) is 0 Å². The second-order valence-electron chi connectivity index (χ2n) is 2.45. The Morgan fingerprint density at radius 2 is 2.44 bits per heavy atom. The highest BCUT2D eigenvalue weighted by molar-refractivity contribution is 5.77. The van der Waals surface area contributed by atoms with Gasteiger partial charge in [-0.3, -0.25) is 4.79 Å². The molecule has 0 aliphatic heterocycles. The van der Waals surface area contributed by atoms with Gasteiger partial charge < -0.3 is 10.6 Å². The van der Waals surface area contributed by atoms with Crippen LogP contribution in [0.1, 0.15) is 12.8 Å². The Bertz CT molecular complexity index is 110. The second-order valence-corrected chi connectivity index (χ2v) is 2.45. The minimum absolute atomic E-state index is 0.167. The summed E-state index contributed by atoms with van der Waals surface area (Å²) in [5.74, 6) is 0.167. The van der Waals surface area contributed by atoms with E-state index < -0.39 is 0 Å². The third-order valence-electron chi connectivity index (χ3n) is 1.33. The Morgan fingerprint density at radius 3 is 2.89 bits per heavy atom. The van der Waals surface area contributed by atoms with Gasteiger partial charge in [-0.25, -0.2) is 0 Å². The van der Waals surface area contributed by atoms with Crippen molar-refractivity contribution in [2.45, 2.75) is 18.9 Å². The molecule has 3 heteroatoms. The minimum Gasteiger partial charge on any atom is -0.348 e. The van der Waals surface area contributed by atoms with Crippen LogP contribution in [0.2, 0.25) is 0 Å². The molecule has 1 fully saturated rings. The fourth-order valence-corrected chi connectivity index (χ4v) is 0.700. The van der Waals surface area contributed by atoms with Crippen molar-refractivity contribution in [3.05, 3.63) is 0 Å². The zero-order valence-corrected chi connectivity index (χ0v) is 5.68. The fourth-order valence-electron chi connectivity index (χ4n) is 0.700. The van der Waals surface area contributed by atoms with Crippen molar-refractivity contribution in [1.82, 2.24) is 5.32 Å². The maximum Gasteiger partial charge on any atom is 0.275 e. The zero-order chi connectivity index (χ0) is 6.69. The van der Waals surface area contributed by atoms with E-state index in [1.54, 1.807) is 0 Å². The molecule has 0 spiro atoms. The molecule has 0 aromatic heterocycles. The highest BCUT2D eigenvalue weighted by Gasteiger charge is 2.23. The molecule has 9 heavy (non-hydrogen) atoms. The average Bonchev–Trinajstić information content (AvgIpc) is 2.50. The van der Waals surface area contributed by atoms with Gasteiger partial charge in [0.25, 0.3) is 5.91 Å². The highest BCUT2D eigenvalue weighted by Crippen LogP contribution is 2.17. The molecule has 0 aromatic rings. The highest BCUT2D eigenvalue weighted by atomic mass is 16.2. The molecule has 1 amide bonds. The normalized spacial score (nSPS) is 17.4. The molecule has 1 aliphatic carbocycles. The topological polar surface area (TPSA) is 45.7 Å². The van der Waals surface area contributed by atoms with Gasteiger partial charge in [0.1, 0.15) is 0 Å². The number of hydrogen-bond acceptors (Lipinski definition) is 1. The zero-order valence-electron chi connectivity index (χ0n) is 5.68. The summed E-state index contributed by atoms with van der Waals surface area (Å²) >= 11 is 0. The van der Waals surface area contributed by atoms with Crippen molar-refractivity contribution >= 4 is 5.91 Å². The van der Waals surface area contributed by atoms with Crippen molar-refractivity contribution in [3.8, 4) is 0 Å². The first-order valence-electron chi connectivity index (χ1n) is 3.40. The molecule has 0 unspecified atom stereocenters. The summed E-state index contributed by atoms with van der Waals surface area (Å²) in [5.41, 5.74) is 0. The van der Waals surface area contributed by atoms with E-state index in [0.29, 0.717) is 12.6 Å². The van der Waals surface area contributed by atoms with Gasteiger partial charge in [-0.05, 0) is 12.8 Å². The van der Waals surface area contributed by atoms with Crippen LogP contribution in [0.4, 0.5) is 0 Å². The van der Waals surface area contributed by atoms with Gasteiger partial charge in [-0.1, -0.05) is 0 Å². The van der Waals surface area contributed by atoms with Gasteiger partial charge in [0.2, 0.25) is 0 Å². The first kappa shape index (κ1) is 6.55. The third kappa shape index (κ3) is 2.46. The standard InChI is InChI=1S/C6H12N2O/c1-7-4-6(9)8-5-2-3-5/h5,7H,2-4H2,1H3,(H,8,9)/p+1. The van der Waals surface area contributed by atoms with Crippen molar-refractivity contribution in [2.24, 2.45) is 0 Å². The molecule has 0 heterocycles. The molecular formula is C6H13N2O+. The average molecular weight is 129 g/mol. The molecule has 3 N–H and O–H groups in total. The van der Waals surface area contributed by atoms with Crippen LogP contribution in [0.15, 0.2) is 0 Å². The van der Waals surface area contributed by atoms with Gasteiger partial charge in [0, 0.05) is 6.04 Å². The largest absolute Gasteiger partial charge is 0.348 e. The second kappa shape index (κ2) is 2.82. The molecule has 3 nitrogen and oxygen atoms in total. The van der Waals surface area contributed by atoms with E-state index in [4.69, 9.17) is 0 Å². The molecule has 1 rings (SSSR count). The summed E-state index contributed by atoms with van der Waals surface area (Å²) in [6, 6.07) is 0.512. The Kier molecular flexibility index (Phi) is 2.05. The lowest BCUT2D eigenvalue weighted by Gasteiger charge is -1.97. The summed E-state index contributed by atoms with van der Waals surface area (Å²) in [5, 5.41) is 4.76. The molecule has 0 atom stereocenters. The SMILES string of the molecule is C[NH2+]CC(=O)NC1CC1. The number of quaternary nitrogens is 1. The van der Waals surface area contributed by atoms with E-state index >= 15 is 0 Å². The van der Waals surface area contributed by atoms with Crippen LogP contribution in [-0.2, 0) is 4.79 Å².